The molecule has 0 radical (unpaired) electrons. The summed E-state index contributed by atoms with van der Waals surface area (Å²) >= 11 is 0. The van der Waals surface area contributed by atoms with E-state index in [-0.39, 0.29) is 17.8 Å². The Balaban J connectivity index is 2.09. The van der Waals surface area contributed by atoms with Crippen LogP contribution in [0.5, 0.6) is 0 Å². The molecule has 1 fully saturated rings. The Bertz CT molecular complexity index is 407. The van der Waals surface area contributed by atoms with Crippen molar-refractivity contribution in [1.29, 1.82) is 0 Å². The minimum absolute atomic E-state index is 0.103. The molecule has 17 heavy (non-hydrogen) atoms. The largest absolute Gasteiger partial charge is 0.465 e. The van der Waals surface area contributed by atoms with Gasteiger partial charge in [0.1, 0.15) is 5.82 Å². The van der Waals surface area contributed by atoms with Crippen molar-refractivity contribution in [2.45, 2.75) is 18.4 Å². The smallest absolute Gasteiger partial charge is 0.407 e. The number of hydrogen-bond acceptors (Lipinski definition) is 2. The van der Waals surface area contributed by atoms with Crippen LogP contribution in [0.25, 0.3) is 0 Å². The van der Waals surface area contributed by atoms with Gasteiger partial charge in [-0.15, -0.1) is 0 Å². The van der Waals surface area contributed by atoms with E-state index >= 15 is 0 Å². The summed E-state index contributed by atoms with van der Waals surface area (Å²) in [5.74, 6) is -0.170. The van der Waals surface area contributed by atoms with Crippen LogP contribution in [-0.4, -0.2) is 35.2 Å². The first-order valence-corrected chi connectivity index (χ1v) is 5.57. The molecule has 1 amide bonds. The highest BCUT2D eigenvalue weighted by Crippen LogP contribution is 2.27. The summed E-state index contributed by atoms with van der Waals surface area (Å²) in [6.45, 7) is 0.808. The average Bonchev–Trinajstić information content (AvgIpc) is 2.30. The zero-order valence-corrected chi connectivity index (χ0v) is 9.34. The van der Waals surface area contributed by atoms with Gasteiger partial charge < -0.3 is 15.7 Å². The van der Waals surface area contributed by atoms with Crippen molar-refractivity contribution in [3.05, 3.63) is 35.6 Å². The summed E-state index contributed by atoms with van der Waals surface area (Å²) in [6, 6.07) is 6.02. The van der Waals surface area contributed by atoms with E-state index in [1.807, 2.05) is 0 Å². The third-order valence-electron chi connectivity index (χ3n) is 3.23. The standard InChI is InChI=1S/C12H15FN2O2/c13-9-3-1-8(2-4-9)10-5-6-15(12(16)17)7-11(10)14/h1-4,10-11H,5-7,14H2,(H,16,17). The molecule has 0 aliphatic carbocycles. The Kier molecular flexibility index (Phi) is 3.28. The number of carbonyl (C=O) groups is 1. The van der Waals surface area contributed by atoms with Gasteiger partial charge in [-0.05, 0) is 24.1 Å². The normalized spacial score (nSPS) is 24.7. The first kappa shape index (κ1) is 11.9. The van der Waals surface area contributed by atoms with Gasteiger partial charge in [-0.3, -0.25) is 0 Å². The highest BCUT2D eigenvalue weighted by Gasteiger charge is 2.29. The maximum Gasteiger partial charge on any atom is 0.407 e. The highest BCUT2D eigenvalue weighted by molar-refractivity contribution is 5.65. The van der Waals surface area contributed by atoms with Gasteiger partial charge in [0.2, 0.25) is 0 Å². The highest BCUT2D eigenvalue weighted by atomic mass is 19.1. The molecule has 5 heteroatoms. The summed E-state index contributed by atoms with van der Waals surface area (Å²) in [5.41, 5.74) is 6.95. The fraction of sp³-hybridized carbons (Fsp3) is 0.417. The molecule has 2 rings (SSSR count). The molecule has 0 bridgehead atoms. The van der Waals surface area contributed by atoms with E-state index in [1.54, 1.807) is 12.1 Å². The van der Waals surface area contributed by atoms with E-state index < -0.39 is 6.09 Å². The SMILES string of the molecule is NC1CN(C(=O)O)CCC1c1ccc(F)cc1. The van der Waals surface area contributed by atoms with Crippen LogP contribution in [0.4, 0.5) is 9.18 Å². The van der Waals surface area contributed by atoms with E-state index in [9.17, 15) is 9.18 Å². The predicted octanol–water partition coefficient (Wildman–Crippen LogP) is 1.62. The van der Waals surface area contributed by atoms with E-state index in [2.05, 4.69) is 0 Å². The molecule has 1 heterocycles. The Morgan fingerprint density at radius 3 is 2.59 bits per heavy atom. The van der Waals surface area contributed by atoms with Crippen molar-refractivity contribution < 1.29 is 14.3 Å². The summed E-state index contributed by atoms with van der Waals surface area (Å²) in [6.07, 6.45) is -0.253. The maximum absolute atomic E-state index is 12.8. The summed E-state index contributed by atoms with van der Waals surface area (Å²) < 4.78 is 12.8. The molecule has 1 aliphatic rings. The lowest BCUT2D eigenvalue weighted by atomic mass is 9.86. The topological polar surface area (TPSA) is 66.6 Å². The fourth-order valence-electron chi connectivity index (χ4n) is 2.28. The molecule has 0 aromatic heterocycles. The van der Waals surface area contributed by atoms with E-state index in [1.165, 1.54) is 17.0 Å². The quantitative estimate of drug-likeness (QED) is 0.781. The molecule has 0 saturated carbocycles. The molecule has 2 unspecified atom stereocenters. The van der Waals surface area contributed by atoms with E-state index in [4.69, 9.17) is 10.8 Å². The van der Waals surface area contributed by atoms with Gasteiger partial charge in [-0.2, -0.15) is 0 Å². The zero-order chi connectivity index (χ0) is 12.4. The second-order valence-corrected chi connectivity index (χ2v) is 4.34. The number of rotatable bonds is 1. The van der Waals surface area contributed by atoms with Crippen molar-refractivity contribution in [3.8, 4) is 0 Å². The van der Waals surface area contributed by atoms with Gasteiger partial charge in [0.15, 0.2) is 0 Å². The average molecular weight is 238 g/mol. The summed E-state index contributed by atoms with van der Waals surface area (Å²) in [7, 11) is 0. The molecule has 1 aliphatic heterocycles. The third kappa shape index (κ3) is 2.55. The van der Waals surface area contributed by atoms with Gasteiger partial charge in [0, 0.05) is 25.0 Å². The van der Waals surface area contributed by atoms with Crippen LogP contribution in [-0.2, 0) is 0 Å². The van der Waals surface area contributed by atoms with E-state index in [0.717, 1.165) is 5.56 Å². The molecule has 3 N–H and O–H groups in total. The monoisotopic (exact) mass is 238 g/mol. The number of nitrogens with two attached hydrogens (primary N) is 1. The predicted molar refractivity (Wildman–Crippen MR) is 61.3 cm³/mol. The van der Waals surface area contributed by atoms with Crippen LogP contribution >= 0.6 is 0 Å². The van der Waals surface area contributed by atoms with Crippen LogP contribution < -0.4 is 5.73 Å². The fourth-order valence-corrected chi connectivity index (χ4v) is 2.28. The Morgan fingerprint density at radius 2 is 2.06 bits per heavy atom. The van der Waals surface area contributed by atoms with Crippen molar-refractivity contribution in [3.63, 3.8) is 0 Å². The van der Waals surface area contributed by atoms with Gasteiger partial charge in [-0.25, -0.2) is 9.18 Å². The van der Waals surface area contributed by atoms with Crippen LogP contribution in [0.1, 0.15) is 17.9 Å². The lowest BCUT2D eigenvalue weighted by molar-refractivity contribution is 0.126. The number of halogens is 1. The minimum atomic E-state index is -0.932. The lowest BCUT2D eigenvalue weighted by Crippen LogP contribution is -2.49. The lowest BCUT2D eigenvalue weighted by Gasteiger charge is -2.35. The number of benzene rings is 1. The van der Waals surface area contributed by atoms with Crippen LogP contribution in [0.3, 0.4) is 0 Å². The van der Waals surface area contributed by atoms with Gasteiger partial charge in [0.25, 0.3) is 0 Å². The van der Waals surface area contributed by atoms with Crippen LogP contribution in [0.2, 0.25) is 0 Å². The first-order chi connectivity index (χ1) is 8.08. The van der Waals surface area contributed by atoms with Crippen molar-refractivity contribution in [2.24, 2.45) is 5.73 Å². The minimum Gasteiger partial charge on any atom is -0.465 e. The zero-order valence-electron chi connectivity index (χ0n) is 9.34. The molecule has 1 saturated heterocycles. The summed E-state index contributed by atoms with van der Waals surface area (Å²) in [5, 5.41) is 8.87. The maximum atomic E-state index is 12.8. The first-order valence-electron chi connectivity index (χ1n) is 5.57. The van der Waals surface area contributed by atoms with Gasteiger partial charge in [-0.1, -0.05) is 12.1 Å². The molecule has 92 valence electrons. The number of carboxylic acid groups (broad SMARTS) is 1. The molecule has 2 atom stereocenters. The van der Waals surface area contributed by atoms with Crippen molar-refractivity contribution in [2.75, 3.05) is 13.1 Å². The summed E-state index contributed by atoms with van der Waals surface area (Å²) in [4.78, 5) is 12.1. The number of nitrogens with zero attached hydrogens (tertiary/aromatic N) is 1. The number of piperidine rings is 1. The van der Waals surface area contributed by atoms with Crippen LogP contribution in [0.15, 0.2) is 24.3 Å². The molecule has 4 nitrogen and oxygen atoms in total. The second-order valence-electron chi connectivity index (χ2n) is 4.34. The third-order valence-corrected chi connectivity index (χ3v) is 3.23. The molecular formula is C12H15FN2O2. The van der Waals surface area contributed by atoms with Crippen molar-refractivity contribution in [1.82, 2.24) is 4.90 Å². The van der Waals surface area contributed by atoms with Gasteiger partial charge in [0.05, 0.1) is 0 Å². The molecule has 1 aromatic carbocycles. The Hall–Kier alpha value is -1.62. The molecular weight excluding hydrogens is 223 g/mol. The second kappa shape index (κ2) is 4.71. The number of likely N-dealkylation sites (tertiary alicyclic amines) is 1. The Labute approximate surface area is 98.8 Å². The molecule has 0 spiro atoms. The van der Waals surface area contributed by atoms with Crippen LogP contribution in [0, 0.1) is 5.82 Å². The van der Waals surface area contributed by atoms with E-state index in [0.29, 0.717) is 19.5 Å². The number of amides is 1. The number of hydrogen-bond donors (Lipinski definition) is 2. The van der Waals surface area contributed by atoms with Crippen molar-refractivity contribution >= 4 is 6.09 Å². The van der Waals surface area contributed by atoms with Gasteiger partial charge >= 0.3 is 6.09 Å². The molecule has 1 aromatic rings. The Morgan fingerprint density at radius 1 is 1.41 bits per heavy atom.